The highest BCUT2D eigenvalue weighted by Gasteiger charge is 2.33. The molecule has 2 aromatic rings. The molecular weight excluding hydrogens is 416 g/mol. The van der Waals surface area contributed by atoms with Gasteiger partial charge in [0.1, 0.15) is 12.4 Å². The Morgan fingerprint density at radius 1 is 1.18 bits per heavy atom. The van der Waals surface area contributed by atoms with Crippen molar-refractivity contribution in [1.29, 1.82) is 0 Å². The molecule has 1 aromatic carbocycles. The van der Waals surface area contributed by atoms with Gasteiger partial charge in [-0.1, -0.05) is 25.0 Å². The molecule has 4 rings (SSSR count). The van der Waals surface area contributed by atoms with Gasteiger partial charge in [0.2, 0.25) is 5.88 Å². The van der Waals surface area contributed by atoms with Gasteiger partial charge in [-0.3, -0.25) is 9.69 Å². The number of benzene rings is 1. The van der Waals surface area contributed by atoms with Crippen molar-refractivity contribution >= 4 is 11.5 Å². The topological polar surface area (TPSA) is 71.9 Å². The molecule has 1 aromatic heterocycles. The molecule has 0 spiro atoms. The molecule has 1 N–H and O–H groups in total. The smallest absolute Gasteiger partial charge is 0.309 e. The van der Waals surface area contributed by atoms with Gasteiger partial charge in [0.05, 0.1) is 18.6 Å². The highest BCUT2D eigenvalue weighted by atomic mass is 16.5. The maximum Gasteiger partial charge on any atom is 0.309 e. The summed E-state index contributed by atoms with van der Waals surface area (Å²) in [6, 6.07) is 8.34. The molecule has 1 aliphatic heterocycles. The van der Waals surface area contributed by atoms with E-state index in [0.717, 1.165) is 49.2 Å². The molecule has 0 radical (unpaired) electrons. The molecule has 0 unspecified atom stereocenters. The number of aliphatic carboxylic acids is 1. The maximum atomic E-state index is 11.1. The molecule has 2 aliphatic rings. The number of likely N-dealkylation sites (tertiary alicyclic amines) is 1. The summed E-state index contributed by atoms with van der Waals surface area (Å²) >= 11 is 0. The van der Waals surface area contributed by atoms with Crippen LogP contribution in [0.4, 0.5) is 0 Å². The first kappa shape index (κ1) is 23.3. The van der Waals surface area contributed by atoms with Gasteiger partial charge >= 0.3 is 5.97 Å². The number of aromatic nitrogens is 1. The number of fused-ring (bicyclic) bond motifs is 1. The largest absolute Gasteiger partial charge is 0.488 e. The Morgan fingerprint density at radius 3 is 2.67 bits per heavy atom. The third-order valence-electron chi connectivity index (χ3n) is 6.96. The Balaban J connectivity index is 1.46. The molecule has 0 saturated carbocycles. The zero-order chi connectivity index (χ0) is 23.5. The lowest BCUT2D eigenvalue weighted by Crippen LogP contribution is -2.50. The van der Waals surface area contributed by atoms with Gasteiger partial charge in [0.25, 0.3) is 0 Å². The number of carboxylic acid groups (broad SMARTS) is 1. The van der Waals surface area contributed by atoms with Gasteiger partial charge in [-0.2, -0.15) is 0 Å². The first-order valence-corrected chi connectivity index (χ1v) is 11.8. The minimum absolute atomic E-state index is 0.208. The number of carbonyl (C=O) groups is 1. The van der Waals surface area contributed by atoms with Crippen LogP contribution >= 0.6 is 0 Å². The van der Waals surface area contributed by atoms with E-state index >= 15 is 0 Å². The molecule has 2 heterocycles. The van der Waals surface area contributed by atoms with Crippen LogP contribution < -0.4 is 9.47 Å². The fourth-order valence-electron chi connectivity index (χ4n) is 4.89. The monoisotopic (exact) mass is 450 g/mol. The van der Waals surface area contributed by atoms with Crippen LogP contribution in [0.25, 0.3) is 5.57 Å². The van der Waals surface area contributed by atoms with Crippen molar-refractivity contribution in [1.82, 2.24) is 9.88 Å². The van der Waals surface area contributed by atoms with Gasteiger partial charge in [-0.15, -0.1) is 0 Å². The third kappa shape index (κ3) is 4.91. The first-order chi connectivity index (χ1) is 15.9. The Morgan fingerprint density at radius 2 is 1.97 bits per heavy atom. The normalized spacial score (nSPS) is 16.4. The molecule has 6 nitrogen and oxygen atoms in total. The van der Waals surface area contributed by atoms with Crippen molar-refractivity contribution in [3.63, 3.8) is 0 Å². The fraction of sp³-hybridized carbons (Fsp3) is 0.481. The number of ether oxygens (including phenoxy) is 2. The van der Waals surface area contributed by atoms with E-state index in [4.69, 9.17) is 14.6 Å². The van der Waals surface area contributed by atoms with E-state index in [1.807, 2.05) is 0 Å². The lowest BCUT2D eigenvalue weighted by molar-refractivity contribution is -0.147. The summed E-state index contributed by atoms with van der Waals surface area (Å²) in [6.07, 6.45) is 3.98. The highest BCUT2D eigenvalue weighted by Crippen LogP contribution is 2.37. The fourth-order valence-corrected chi connectivity index (χ4v) is 4.89. The Kier molecular flexibility index (Phi) is 7.03. The van der Waals surface area contributed by atoms with E-state index in [1.54, 1.807) is 7.11 Å². The number of aryl methyl sites for hydroxylation is 1. The number of hydrogen-bond acceptors (Lipinski definition) is 5. The number of nitrogens with zero attached hydrogens (tertiary/aromatic N) is 2. The van der Waals surface area contributed by atoms with Crippen LogP contribution in [-0.4, -0.2) is 47.7 Å². The summed E-state index contributed by atoms with van der Waals surface area (Å²) in [5, 5.41) is 9.11. The van der Waals surface area contributed by atoms with E-state index in [2.05, 4.69) is 54.9 Å². The van der Waals surface area contributed by atoms with E-state index in [9.17, 15) is 4.79 Å². The SMILES string of the molecule is CCCc1ccc(COc2ccc3c(c2C)CCC(CN2CC(C(=O)O)C2)=C3C)c(OC)n1. The zero-order valence-electron chi connectivity index (χ0n) is 20.1. The number of allylic oxidation sites excluding steroid dienone is 1. The Hall–Kier alpha value is -2.86. The van der Waals surface area contributed by atoms with Gasteiger partial charge in [0.15, 0.2) is 0 Å². The van der Waals surface area contributed by atoms with Crippen molar-refractivity contribution in [2.75, 3.05) is 26.7 Å². The van der Waals surface area contributed by atoms with Crippen LogP contribution in [0.15, 0.2) is 29.8 Å². The molecule has 176 valence electrons. The predicted octanol–water partition coefficient (Wildman–Crippen LogP) is 4.67. The van der Waals surface area contributed by atoms with Crippen LogP contribution in [0.3, 0.4) is 0 Å². The first-order valence-electron chi connectivity index (χ1n) is 11.8. The number of pyridine rings is 1. The molecular formula is C27H34N2O4. The number of carboxylic acids is 1. The zero-order valence-corrected chi connectivity index (χ0v) is 20.1. The third-order valence-corrected chi connectivity index (χ3v) is 6.96. The minimum Gasteiger partial charge on any atom is -0.488 e. The van der Waals surface area contributed by atoms with E-state index < -0.39 is 5.97 Å². The van der Waals surface area contributed by atoms with Crippen molar-refractivity contribution < 1.29 is 19.4 Å². The van der Waals surface area contributed by atoms with Crippen LogP contribution in [0.5, 0.6) is 11.6 Å². The average molecular weight is 451 g/mol. The van der Waals surface area contributed by atoms with Crippen molar-refractivity contribution in [3.05, 3.63) is 57.8 Å². The van der Waals surface area contributed by atoms with Gasteiger partial charge in [0, 0.05) is 25.3 Å². The second-order valence-electron chi connectivity index (χ2n) is 9.18. The Labute approximate surface area is 196 Å². The molecule has 33 heavy (non-hydrogen) atoms. The summed E-state index contributed by atoms with van der Waals surface area (Å²) in [5.74, 6) is 0.646. The molecule has 1 fully saturated rings. The quantitative estimate of drug-likeness (QED) is 0.599. The van der Waals surface area contributed by atoms with Crippen molar-refractivity contribution in [2.45, 2.75) is 53.1 Å². The van der Waals surface area contributed by atoms with Gasteiger partial charge in [-0.25, -0.2) is 4.98 Å². The second-order valence-corrected chi connectivity index (χ2v) is 9.18. The van der Waals surface area contributed by atoms with Gasteiger partial charge in [-0.05, 0) is 73.6 Å². The molecule has 1 saturated heterocycles. The number of hydrogen-bond donors (Lipinski definition) is 1. The summed E-state index contributed by atoms with van der Waals surface area (Å²) in [5.41, 5.74) is 8.56. The number of rotatable bonds is 9. The summed E-state index contributed by atoms with van der Waals surface area (Å²) < 4.78 is 11.7. The van der Waals surface area contributed by atoms with Crippen LogP contribution in [0, 0.1) is 12.8 Å². The molecule has 0 amide bonds. The van der Waals surface area contributed by atoms with Crippen molar-refractivity contribution in [3.8, 4) is 11.6 Å². The van der Waals surface area contributed by atoms with Gasteiger partial charge < -0.3 is 14.6 Å². The van der Waals surface area contributed by atoms with E-state index in [-0.39, 0.29) is 5.92 Å². The van der Waals surface area contributed by atoms with Crippen molar-refractivity contribution in [2.24, 2.45) is 5.92 Å². The van der Waals surface area contributed by atoms with Crippen LogP contribution in [0.1, 0.15) is 54.6 Å². The van der Waals surface area contributed by atoms with Crippen LogP contribution in [-0.2, 0) is 24.2 Å². The second kappa shape index (κ2) is 9.96. The van der Waals surface area contributed by atoms with E-state index in [0.29, 0.717) is 25.6 Å². The van der Waals surface area contributed by atoms with Crippen LogP contribution in [0.2, 0.25) is 0 Å². The highest BCUT2D eigenvalue weighted by molar-refractivity contribution is 5.74. The summed E-state index contributed by atoms with van der Waals surface area (Å²) in [4.78, 5) is 17.9. The lowest BCUT2D eigenvalue weighted by Gasteiger charge is -2.38. The molecule has 1 aliphatic carbocycles. The Bertz CT molecular complexity index is 1070. The summed E-state index contributed by atoms with van der Waals surface area (Å²) in [7, 11) is 1.65. The molecule has 0 bridgehead atoms. The lowest BCUT2D eigenvalue weighted by atomic mass is 9.83. The standard InChI is InChI=1S/C27H34N2O4/c1-5-6-22-9-7-20(26(28-22)32-4)16-33-25-12-11-23-17(2)19(8-10-24(23)18(25)3)13-29-14-21(15-29)27(30)31/h7,9,11-12,21H,5-6,8,10,13-16H2,1-4H3,(H,30,31). The average Bonchev–Trinajstić information content (AvgIpc) is 2.77. The van der Waals surface area contributed by atoms with E-state index in [1.165, 1.54) is 27.8 Å². The maximum absolute atomic E-state index is 11.1. The molecule has 0 atom stereocenters. The molecule has 6 heteroatoms. The minimum atomic E-state index is -0.681. The number of methoxy groups -OCH3 is 1. The predicted molar refractivity (Wildman–Crippen MR) is 129 cm³/mol. The summed E-state index contributed by atoms with van der Waals surface area (Å²) in [6.45, 7) is 9.07.